The molecule has 7 heteroatoms. The Morgan fingerprint density at radius 2 is 2.12 bits per heavy atom. The lowest BCUT2D eigenvalue weighted by Gasteiger charge is -2.20. The highest BCUT2D eigenvalue weighted by Gasteiger charge is 2.24. The standard InChI is InChI=1S/C9H16N2O4S/c1-6(2)8(9(12)15-3)10-7(16-4)5-11(13)14/h5-6,8,10H,1-4H3/t8-/m0/s1. The molecule has 0 amide bonds. The summed E-state index contributed by atoms with van der Waals surface area (Å²) in [7, 11) is 1.29. The fraction of sp³-hybridized carbons (Fsp3) is 0.667. The fourth-order valence-corrected chi connectivity index (χ4v) is 1.46. The van der Waals surface area contributed by atoms with Gasteiger partial charge in [0.25, 0.3) is 6.20 Å². The van der Waals surface area contributed by atoms with Crippen molar-refractivity contribution < 1.29 is 14.5 Å². The number of rotatable bonds is 6. The van der Waals surface area contributed by atoms with E-state index in [9.17, 15) is 14.9 Å². The molecule has 6 nitrogen and oxygen atoms in total. The minimum Gasteiger partial charge on any atom is -0.467 e. The van der Waals surface area contributed by atoms with E-state index in [1.165, 1.54) is 18.9 Å². The van der Waals surface area contributed by atoms with E-state index in [-0.39, 0.29) is 5.92 Å². The topological polar surface area (TPSA) is 81.5 Å². The second-order valence-electron chi connectivity index (χ2n) is 3.37. The van der Waals surface area contributed by atoms with Crippen molar-refractivity contribution in [3.8, 4) is 0 Å². The average Bonchev–Trinajstić information content (AvgIpc) is 2.21. The van der Waals surface area contributed by atoms with Gasteiger partial charge in [0.15, 0.2) is 0 Å². The maximum Gasteiger partial charge on any atom is 0.328 e. The van der Waals surface area contributed by atoms with E-state index in [2.05, 4.69) is 10.1 Å². The first kappa shape index (κ1) is 14.8. The largest absolute Gasteiger partial charge is 0.467 e. The van der Waals surface area contributed by atoms with Crippen molar-refractivity contribution in [1.29, 1.82) is 0 Å². The summed E-state index contributed by atoms with van der Waals surface area (Å²) >= 11 is 1.17. The number of ether oxygens (including phenoxy) is 1. The number of nitrogens with one attached hydrogen (secondary N) is 1. The van der Waals surface area contributed by atoms with Crippen LogP contribution in [0.5, 0.6) is 0 Å². The van der Waals surface area contributed by atoms with Gasteiger partial charge in [-0.3, -0.25) is 10.1 Å². The smallest absolute Gasteiger partial charge is 0.328 e. The summed E-state index contributed by atoms with van der Waals surface area (Å²) in [6.45, 7) is 3.66. The third kappa shape index (κ3) is 5.01. The summed E-state index contributed by atoms with van der Waals surface area (Å²) < 4.78 is 4.62. The lowest BCUT2D eigenvalue weighted by molar-refractivity contribution is -0.403. The van der Waals surface area contributed by atoms with Gasteiger partial charge in [-0.05, 0) is 12.2 Å². The van der Waals surface area contributed by atoms with E-state index in [0.717, 1.165) is 6.20 Å². The Kier molecular flexibility index (Phi) is 6.55. The van der Waals surface area contributed by atoms with Gasteiger partial charge in [-0.2, -0.15) is 0 Å². The quantitative estimate of drug-likeness (QED) is 0.432. The van der Waals surface area contributed by atoms with Crippen molar-refractivity contribution in [3.63, 3.8) is 0 Å². The van der Waals surface area contributed by atoms with E-state index in [1.807, 2.05) is 13.8 Å². The van der Waals surface area contributed by atoms with Crippen LogP contribution in [-0.4, -0.2) is 30.3 Å². The highest BCUT2D eigenvalue weighted by atomic mass is 32.2. The fourth-order valence-electron chi connectivity index (χ4n) is 1.02. The SMILES string of the molecule is COC(=O)[C@@H](NC(=C[N+](=O)[O-])SC)C(C)C. The molecular weight excluding hydrogens is 232 g/mol. The van der Waals surface area contributed by atoms with Gasteiger partial charge in [0.1, 0.15) is 11.1 Å². The molecular formula is C9H16N2O4S. The highest BCUT2D eigenvalue weighted by Crippen LogP contribution is 2.13. The number of hydrogen-bond acceptors (Lipinski definition) is 6. The Balaban J connectivity index is 4.72. The summed E-state index contributed by atoms with van der Waals surface area (Å²) in [6, 6.07) is -0.580. The Morgan fingerprint density at radius 1 is 1.56 bits per heavy atom. The number of nitro groups is 1. The van der Waals surface area contributed by atoms with Crippen LogP contribution in [0.15, 0.2) is 11.2 Å². The molecule has 0 radical (unpaired) electrons. The minimum absolute atomic E-state index is 0.0187. The van der Waals surface area contributed by atoms with Crippen LogP contribution >= 0.6 is 11.8 Å². The molecule has 0 saturated carbocycles. The second kappa shape index (κ2) is 7.10. The van der Waals surface area contributed by atoms with Crippen LogP contribution in [0, 0.1) is 16.0 Å². The van der Waals surface area contributed by atoms with E-state index < -0.39 is 16.9 Å². The third-order valence-corrected chi connectivity index (χ3v) is 2.53. The summed E-state index contributed by atoms with van der Waals surface area (Å²) in [5.41, 5.74) is 0. The third-order valence-electron chi connectivity index (χ3n) is 1.86. The van der Waals surface area contributed by atoms with Gasteiger partial charge in [-0.25, -0.2) is 4.79 Å². The number of carbonyl (C=O) groups excluding carboxylic acids is 1. The first-order valence-corrected chi connectivity index (χ1v) is 5.88. The second-order valence-corrected chi connectivity index (χ2v) is 4.22. The van der Waals surface area contributed by atoms with Crippen molar-refractivity contribution in [2.75, 3.05) is 13.4 Å². The molecule has 0 spiro atoms. The molecule has 0 aromatic heterocycles. The molecule has 0 aliphatic rings. The lowest BCUT2D eigenvalue weighted by Crippen LogP contribution is -2.40. The van der Waals surface area contributed by atoms with Gasteiger partial charge in [0.2, 0.25) is 0 Å². The Morgan fingerprint density at radius 3 is 2.44 bits per heavy atom. The number of esters is 1. The van der Waals surface area contributed by atoms with E-state index in [1.54, 1.807) is 6.26 Å². The number of nitrogens with zero attached hydrogens (tertiary/aromatic N) is 1. The van der Waals surface area contributed by atoms with Crippen LogP contribution in [0.3, 0.4) is 0 Å². The van der Waals surface area contributed by atoms with Crippen LogP contribution in [0.4, 0.5) is 0 Å². The number of hydrogen-bond donors (Lipinski definition) is 1. The number of carbonyl (C=O) groups is 1. The van der Waals surface area contributed by atoms with Gasteiger partial charge in [-0.15, -0.1) is 11.8 Å². The van der Waals surface area contributed by atoms with Crippen LogP contribution < -0.4 is 5.32 Å². The van der Waals surface area contributed by atoms with Crippen molar-refractivity contribution >= 4 is 17.7 Å². The van der Waals surface area contributed by atoms with Crippen molar-refractivity contribution in [1.82, 2.24) is 5.32 Å². The summed E-state index contributed by atoms with van der Waals surface area (Å²) in [5, 5.41) is 13.4. The Labute approximate surface area is 98.6 Å². The monoisotopic (exact) mass is 248 g/mol. The molecule has 1 N–H and O–H groups in total. The Hall–Kier alpha value is -1.24. The van der Waals surface area contributed by atoms with E-state index >= 15 is 0 Å². The first-order valence-electron chi connectivity index (χ1n) is 4.66. The van der Waals surface area contributed by atoms with E-state index in [0.29, 0.717) is 5.03 Å². The molecule has 0 unspecified atom stereocenters. The van der Waals surface area contributed by atoms with Gasteiger partial charge >= 0.3 is 5.97 Å². The van der Waals surface area contributed by atoms with Gasteiger partial charge in [0.05, 0.1) is 12.0 Å². The molecule has 0 saturated heterocycles. The molecule has 0 aliphatic carbocycles. The Bertz CT molecular complexity index is 291. The molecule has 0 bridgehead atoms. The zero-order valence-electron chi connectivity index (χ0n) is 9.72. The molecule has 0 heterocycles. The summed E-state index contributed by atoms with van der Waals surface area (Å²) in [5.74, 6) is -0.451. The predicted octanol–water partition coefficient (Wildman–Crippen LogP) is 1.21. The van der Waals surface area contributed by atoms with Crippen LogP contribution in [0.25, 0.3) is 0 Å². The normalized spacial score (nSPS) is 13.4. The van der Waals surface area contributed by atoms with Gasteiger partial charge < -0.3 is 10.1 Å². The maximum atomic E-state index is 11.4. The van der Waals surface area contributed by atoms with Gasteiger partial charge in [-0.1, -0.05) is 13.8 Å². The van der Waals surface area contributed by atoms with Crippen molar-refractivity contribution in [2.24, 2.45) is 5.92 Å². The molecule has 0 aromatic rings. The van der Waals surface area contributed by atoms with Crippen molar-refractivity contribution in [2.45, 2.75) is 19.9 Å². The molecule has 0 aromatic carbocycles. The lowest BCUT2D eigenvalue weighted by atomic mass is 10.1. The molecule has 1 atom stereocenters. The zero-order valence-corrected chi connectivity index (χ0v) is 10.5. The molecule has 16 heavy (non-hydrogen) atoms. The van der Waals surface area contributed by atoms with Crippen LogP contribution in [0.1, 0.15) is 13.8 Å². The van der Waals surface area contributed by atoms with Gasteiger partial charge in [0, 0.05) is 0 Å². The first-order chi connectivity index (χ1) is 7.42. The highest BCUT2D eigenvalue weighted by molar-refractivity contribution is 8.02. The van der Waals surface area contributed by atoms with Crippen LogP contribution in [0.2, 0.25) is 0 Å². The maximum absolute atomic E-state index is 11.4. The van der Waals surface area contributed by atoms with Crippen LogP contribution in [-0.2, 0) is 9.53 Å². The predicted molar refractivity (Wildman–Crippen MR) is 62.4 cm³/mol. The molecule has 0 rings (SSSR count). The van der Waals surface area contributed by atoms with Crippen molar-refractivity contribution in [3.05, 3.63) is 21.3 Å². The minimum atomic E-state index is -0.580. The zero-order chi connectivity index (χ0) is 12.7. The average molecular weight is 248 g/mol. The molecule has 92 valence electrons. The summed E-state index contributed by atoms with van der Waals surface area (Å²) in [6.07, 6.45) is 2.53. The number of thioether (sulfide) groups is 1. The van der Waals surface area contributed by atoms with E-state index in [4.69, 9.17) is 0 Å². The summed E-state index contributed by atoms with van der Waals surface area (Å²) in [4.78, 5) is 21.2. The number of methoxy groups -OCH3 is 1. The molecule has 0 aliphatic heterocycles. The molecule has 0 fully saturated rings.